The van der Waals surface area contributed by atoms with Crippen LogP contribution in [0.15, 0.2) is 0 Å². The van der Waals surface area contributed by atoms with Gasteiger partial charge in [0.2, 0.25) is 0 Å². The Morgan fingerprint density at radius 3 is 2.02 bits per heavy atom. The summed E-state index contributed by atoms with van der Waals surface area (Å²) in [5, 5.41) is 24.9. The molecule has 5 fully saturated rings. The van der Waals surface area contributed by atoms with Crippen molar-refractivity contribution in [2.24, 2.45) is 39.9 Å². The number of hydrogen-bond acceptors (Lipinski definition) is 6. The molecule has 242 valence electrons. The first-order valence-corrected chi connectivity index (χ1v) is 22.6. The van der Waals surface area contributed by atoms with E-state index in [4.69, 9.17) is 13.6 Å². The molecule has 0 aromatic carbocycles. The van der Waals surface area contributed by atoms with Crippen molar-refractivity contribution in [1.82, 2.24) is 0 Å². The van der Waals surface area contributed by atoms with Crippen LogP contribution in [-0.2, 0) is 18.4 Å². The molecule has 5 saturated carbocycles. The van der Waals surface area contributed by atoms with E-state index in [9.17, 15) is 15.0 Å². The Hall–Kier alpha value is -0.0962. The first-order valence-electron chi connectivity index (χ1n) is 16.8. The second-order valence-electron chi connectivity index (χ2n) is 18.6. The molecule has 0 amide bonds. The van der Waals surface area contributed by atoms with Gasteiger partial charge in [0.1, 0.15) is 11.7 Å². The summed E-state index contributed by atoms with van der Waals surface area (Å²) in [5.74, 6) is -0.174. The molecule has 0 saturated heterocycles. The zero-order valence-electron chi connectivity index (χ0n) is 29.0. The Bertz CT molecular complexity index is 1090. The molecule has 1 spiro atoms. The van der Waals surface area contributed by atoms with Crippen LogP contribution in [0, 0.1) is 39.9 Å². The van der Waals surface area contributed by atoms with Gasteiger partial charge >= 0.3 is 0 Å². The van der Waals surface area contributed by atoms with E-state index in [1.54, 1.807) is 0 Å². The highest BCUT2D eigenvalue weighted by Crippen LogP contribution is 2.82. The number of ether oxygens (including phenoxy) is 1. The molecule has 42 heavy (non-hydrogen) atoms. The highest BCUT2D eigenvalue weighted by Gasteiger charge is 2.82. The summed E-state index contributed by atoms with van der Waals surface area (Å²) in [6.07, 6.45) is 4.25. The van der Waals surface area contributed by atoms with Gasteiger partial charge in [0.15, 0.2) is 22.4 Å². The second kappa shape index (κ2) is 9.71. The fourth-order valence-electron chi connectivity index (χ4n) is 10.3. The number of carbonyl (C=O) groups excluding carboxylic acids is 1. The molecule has 5 aliphatic rings. The predicted octanol–water partition coefficient (Wildman–Crippen LogP) is 6.95. The van der Waals surface area contributed by atoms with Crippen molar-refractivity contribution in [2.75, 3.05) is 13.7 Å². The molecule has 5 aliphatic carbocycles. The Labute approximate surface area is 258 Å². The van der Waals surface area contributed by atoms with Gasteiger partial charge in [-0.25, -0.2) is 0 Å². The molecular weight excluding hydrogens is 561 g/mol. The van der Waals surface area contributed by atoms with E-state index in [0.717, 1.165) is 12.8 Å². The SMILES string of the molecule is CO[C@@H]1C[C@@H]2[C@H](CC[C@]3(C)[C@H]([C@@H](CO[Si](C)(C)C(C)(C)C)O[Si](C)(C)C(C)(C)C)[C@@H](O)C(=O)[C@]23O)[C@@]2(C)CCC3C[C@]312. The van der Waals surface area contributed by atoms with Crippen LogP contribution in [0.25, 0.3) is 0 Å². The van der Waals surface area contributed by atoms with Gasteiger partial charge < -0.3 is 23.8 Å². The lowest BCUT2D eigenvalue weighted by atomic mass is 9.44. The average Bonchev–Trinajstić information content (AvgIpc) is 3.47. The molecule has 0 radical (unpaired) electrons. The minimum absolute atomic E-state index is 0.0198. The minimum Gasteiger partial charge on any atom is -0.414 e. The highest BCUT2D eigenvalue weighted by atomic mass is 28.4. The van der Waals surface area contributed by atoms with Gasteiger partial charge in [0.05, 0.1) is 18.8 Å². The standard InChI is InChI=1S/C34H62O6Si2/c1-29(2,3)41(10,11)39-20-24(40-42(12,13)30(4,5)6)26-27(35)28(36)34(37)23-18-25(38-9)33-19-21(33)14-16-31(33,7)22(23)15-17-32(26,34)8/h21-27,35,37H,14-20H2,1-13H3/t21?,22-,23+,24+,25+,26+,27+,31+,32+,33-,34+/m0/s1. The van der Waals surface area contributed by atoms with E-state index in [1.807, 2.05) is 7.11 Å². The van der Waals surface area contributed by atoms with Crippen LogP contribution in [0.5, 0.6) is 0 Å². The first-order chi connectivity index (χ1) is 19.0. The number of aliphatic hydroxyl groups excluding tert-OH is 1. The Kier molecular flexibility index (Phi) is 7.69. The zero-order valence-corrected chi connectivity index (χ0v) is 31.0. The fourth-order valence-corrected chi connectivity index (χ4v) is 12.7. The molecule has 6 nitrogen and oxygen atoms in total. The number of Topliss-reactive ketones (excluding diaryl/α,β-unsaturated/α-hetero) is 1. The topological polar surface area (TPSA) is 85.2 Å². The first kappa shape index (κ1) is 33.3. The van der Waals surface area contributed by atoms with Gasteiger partial charge in [-0.15, -0.1) is 0 Å². The maximum atomic E-state index is 14.4. The maximum Gasteiger partial charge on any atom is 0.193 e. The smallest absolute Gasteiger partial charge is 0.193 e. The molecule has 0 aliphatic heterocycles. The van der Waals surface area contributed by atoms with E-state index in [1.165, 1.54) is 12.8 Å². The van der Waals surface area contributed by atoms with Gasteiger partial charge in [-0.2, -0.15) is 0 Å². The maximum absolute atomic E-state index is 14.4. The molecule has 11 atom stereocenters. The highest BCUT2D eigenvalue weighted by molar-refractivity contribution is 6.74. The number of fused-ring (bicyclic) bond motifs is 4. The number of hydrogen-bond donors (Lipinski definition) is 2. The lowest BCUT2D eigenvalue weighted by Crippen LogP contribution is -2.67. The van der Waals surface area contributed by atoms with Crippen molar-refractivity contribution in [1.29, 1.82) is 0 Å². The van der Waals surface area contributed by atoms with E-state index < -0.39 is 45.8 Å². The van der Waals surface area contributed by atoms with Crippen LogP contribution in [0.1, 0.15) is 93.9 Å². The molecule has 0 bridgehead atoms. The third-order valence-corrected chi connectivity index (χ3v) is 24.0. The third-order valence-electron chi connectivity index (χ3n) is 15.0. The monoisotopic (exact) mass is 622 g/mol. The third kappa shape index (κ3) is 4.20. The molecule has 5 rings (SSSR count). The van der Waals surface area contributed by atoms with Crippen molar-refractivity contribution >= 4 is 22.4 Å². The summed E-state index contributed by atoms with van der Waals surface area (Å²) in [7, 11) is -2.65. The van der Waals surface area contributed by atoms with Crippen LogP contribution in [0.2, 0.25) is 36.3 Å². The summed E-state index contributed by atoms with van der Waals surface area (Å²) in [6, 6.07) is 0. The molecule has 0 aromatic rings. The summed E-state index contributed by atoms with van der Waals surface area (Å²) >= 11 is 0. The van der Waals surface area contributed by atoms with E-state index in [-0.39, 0.29) is 44.6 Å². The molecule has 0 heterocycles. The summed E-state index contributed by atoms with van der Waals surface area (Å²) in [5.41, 5.74) is -2.17. The van der Waals surface area contributed by atoms with Gasteiger partial charge in [0, 0.05) is 29.8 Å². The molecule has 0 aromatic heterocycles. The number of rotatable bonds is 7. The van der Waals surface area contributed by atoms with Crippen LogP contribution in [-0.4, -0.2) is 70.3 Å². The summed E-state index contributed by atoms with van der Waals surface area (Å²) in [6.45, 7) is 27.2. The van der Waals surface area contributed by atoms with E-state index in [2.05, 4.69) is 81.6 Å². The van der Waals surface area contributed by atoms with Crippen molar-refractivity contribution in [3.63, 3.8) is 0 Å². The summed E-state index contributed by atoms with van der Waals surface area (Å²) < 4.78 is 20.2. The Morgan fingerprint density at radius 1 is 0.929 bits per heavy atom. The van der Waals surface area contributed by atoms with E-state index in [0.29, 0.717) is 25.4 Å². The Morgan fingerprint density at radius 2 is 1.50 bits per heavy atom. The van der Waals surface area contributed by atoms with Gasteiger partial charge in [-0.05, 0) is 92.0 Å². The number of methoxy groups -OCH3 is 1. The van der Waals surface area contributed by atoms with Crippen molar-refractivity contribution < 1.29 is 28.6 Å². The predicted molar refractivity (Wildman–Crippen MR) is 172 cm³/mol. The van der Waals surface area contributed by atoms with E-state index >= 15 is 0 Å². The van der Waals surface area contributed by atoms with Crippen LogP contribution in [0.3, 0.4) is 0 Å². The molecule has 8 heteroatoms. The normalized spacial score (nSPS) is 46.1. The zero-order chi connectivity index (χ0) is 31.7. The second-order valence-corrected chi connectivity index (χ2v) is 28.2. The molecular formula is C34H62O6Si2. The number of carbonyl (C=O) groups is 1. The average molecular weight is 623 g/mol. The minimum atomic E-state index is -2.32. The molecule has 1 unspecified atom stereocenters. The largest absolute Gasteiger partial charge is 0.414 e. The Balaban J connectivity index is 1.55. The number of ketones is 1. The quantitative estimate of drug-likeness (QED) is 0.299. The summed E-state index contributed by atoms with van der Waals surface area (Å²) in [4.78, 5) is 14.4. The lowest BCUT2D eigenvalue weighted by Gasteiger charge is -2.63. The van der Waals surface area contributed by atoms with Crippen molar-refractivity contribution in [3.8, 4) is 0 Å². The lowest BCUT2D eigenvalue weighted by molar-refractivity contribution is -0.227. The van der Waals surface area contributed by atoms with Crippen LogP contribution in [0.4, 0.5) is 0 Å². The van der Waals surface area contributed by atoms with Crippen LogP contribution < -0.4 is 0 Å². The number of aliphatic hydroxyl groups is 2. The van der Waals surface area contributed by atoms with Gasteiger partial charge in [-0.1, -0.05) is 55.4 Å². The van der Waals surface area contributed by atoms with Crippen molar-refractivity contribution in [2.45, 2.75) is 154 Å². The molecule has 2 N–H and O–H groups in total. The fraction of sp³-hybridized carbons (Fsp3) is 0.971. The van der Waals surface area contributed by atoms with Gasteiger partial charge in [0.25, 0.3) is 0 Å². The van der Waals surface area contributed by atoms with Gasteiger partial charge in [-0.3, -0.25) is 4.79 Å². The van der Waals surface area contributed by atoms with Crippen molar-refractivity contribution in [3.05, 3.63) is 0 Å². The van der Waals surface area contributed by atoms with Crippen LogP contribution >= 0.6 is 0 Å².